The summed E-state index contributed by atoms with van der Waals surface area (Å²) in [6.07, 6.45) is 1.81. The van der Waals surface area contributed by atoms with Crippen molar-refractivity contribution in [1.82, 2.24) is 10.3 Å². The molecule has 1 aromatic heterocycles. The first-order valence-electron chi connectivity index (χ1n) is 7.63. The number of anilines is 2. The van der Waals surface area contributed by atoms with E-state index >= 15 is 0 Å². The number of amides is 1. The van der Waals surface area contributed by atoms with Crippen LogP contribution in [0.25, 0.3) is 0 Å². The maximum absolute atomic E-state index is 12.3. The number of nitrogens with one attached hydrogen (secondary N) is 2. The Bertz CT molecular complexity index is 696. The van der Waals surface area contributed by atoms with Gasteiger partial charge in [0.2, 0.25) is 0 Å². The van der Waals surface area contributed by atoms with Gasteiger partial charge in [-0.2, -0.15) is 0 Å². The molecule has 1 amide bonds. The molecule has 1 fully saturated rings. The molecule has 2 heterocycles. The zero-order chi connectivity index (χ0) is 16.2. The molecular formula is C17H19BrN4O. The van der Waals surface area contributed by atoms with E-state index in [0.29, 0.717) is 11.4 Å². The van der Waals surface area contributed by atoms with Crippen LogP contribution < -0.4 is 15.5 Å². The van der Waals surface area contributed by atoms with Crippen LogP contribution in [0.15, 0.2) is 41.0 Å². The summed E-state index contributed by atoms with van der Waals surface area (Å²) in [5, 5.41) is 6.16. The van der Waals surface area contributed by atoms with Crippen molar-refractivity contribution in [3.05, 3.63) is 52.1 Å². The van der Waals surface area contributed by atoms with Gasteiger partial charge in [-0.1, -0.05) is 6.07 Å². The molecule has 0 radical (unpaired) electrons. The molecule has 0 bridgehead atoms. The summed E-state index contributed by atoms with van der Waals surface area (Å²) in [6.45, 7) is 5.91. The van der Waals surface area contributed by atoms with Gasteiger partial charge in [0.05, 0.1) is 17.4 Å². The summed E-state index contributed by atoms with van der Waals surface area (Å²) in [7, 11) is 0. The largest absolute Gasteiger partial charge is 0.368 e. The molecule has 2 aromatic rings. The molecule has 0 aliphatic carbocycles. The standard InChI is InChI=1S/C17H19BrN4O/c1-12-2-4-14(15(18)10-12)17(23)21-16-5-3-13(11-20-16)22-8-6-19-7-9-22/h2-5,10-11,19H,6-9H2,1H3,(H,20,21,23). The molecule has 2 N–H and O–H groups in total. The summed E-state index contributed by atoms with van der Waals surface area (Å²) in [6, 6.07) is 9.50. The zero-order valence-corrected chi connectivity index (χ0v) is 14.6. The molecule has 0 unspecified atom stereocenters. The molecule has 6 heteroatoms. The lowest BCUT2D eigenvalue weighted by Gasteiger charge is -2.29. The summed E-state index contributed by atoms with van der Waals surface area (Å²) in [5.74, 6) is 0.389. The number of aromatic nitrogens is 1. The number of carbonyl (C=O) groups excluding carboxylic acids is 1. The maximum atomic E-state index is 12.3. The number of halogens is 1. The lowest BCUT2D eigenvalue weighted by Crippen LogP contribution is -2.43. The van der Waals surface area contributed by atoms with Crippen molar-refractivity contribution in [2.45, 2.75) is 6.92 Å². The van der Waals surface area contributed by atoms with Gasteiger partial charge in [0.25, 0.3) is 5.91 Å². The third-order valence-corrected chi connectivity index (χ3v) is 4.50. The molecule has 3 rings (SSSR count). The van der Waals surface area contributed by atoms with Gasteiger partial charge < -0.3 is 15.5 Å². The fourth-order valence-electron chi connectivity index (χ4n) is 2.56. The Morgan fingerprint density at radius 2 is 2.04 bits per heavy atom. The molecule has 0 saturated carbocycles. The van der Waals surface area contributed by atoms with Crippen LogP contribution in [0.2, 0.25) is 0 Å². The number of hydrogen-bond donors (Lipinski definition) is 2. The highest BCUT2D eigenvalue weighted by Crippen LogP contribution is 2.20. The molecule has 1 saturated heterocycles. The molecule has 23 heavy (non-hydrogen) atoms. The van der Waals surface area contributed by atoms with Crippen molar-refractivity contribution < 1.29 is 4.79 Å². The molecule has 120 valence electrons. The van der Waals surface area contributed by atoms with Crippen LogP contribution in [0.5, 0.6) is 0 Å². The SMILES string of the molecule is Cc1ccc(C(=O)Nc2ccc(N3CCNCC3)cn2)c(Br)c1. The van der Waals surface area contributed by atoms with E-state index in [1.165, 1.54) is 0 Å². The Balaban J connectivity index is 1.69. The van der Waals surface area contributed by atoms with Gasteiger partial charge >= 0.3 is 0 Å². The Labute approximate surface area is 144 Å². The summed E-state index contributed by atoms with van der Waals surface area (Å²) < 4.78 is 0.785. The number of nitrogens with zero attached hydrogens (tertiary/aromatic N) is 2. The first kappa shape index (κ1) is 16.0. The highest BCUT2D eigenvalue weighted by molar-refractivity contribution is 9.10. The molecule has 0 spiro atoms. The van der Waals surface area contributed by atoms with Crippen LogP contribution in [0.3, 0.4) is 0 Å². The minimum absolute atomic E-state index is 0.167. The second kappa shape index (κ2) is 7.10. The van der Waals surface area contributed by atoms with E-state index in [0.717, 1.165) is 41.9 Å². The van der Waals surface area contributed by atoms with Gasteiger partial charge in [0.15, 0.2) is 0 Å². The van der Waals surface area contributed by atoms with Crippen LogP contribution in [-0.2, 0) is 0 Å². The molecular weight excluding hydrogens is 356 g/mol. The smallest absolute Gasteiger partial charge is 0.257 e. The van der Waals surface area contributed by atoms with Crippen molar-refractivity contribution >= 4 is 33.3 Å². The molecule has 5 nitrogen and oxygen atoms in total. The van der Waals surface area contributed by atoms with Crippen molar-refractivity contribution in [1.29, 1.82) is 0 Å². The molecule has 0 atom stereocenters. The Morgan fingerprint density at radius 1 is 1.26 bits per heavy atom. The normalized spacial score (nSPS) is 14.6. The van der Waals surface area contributed by atoms with Gasteiger partial charge in [-0.15, -0.1) is 0 Å². The van der Waals surface area contributed by atoms with E-state index in [1.807, 2.05) is 43.5 Å². The first-order valence-corrected chi connectivity index (χ1v) is 8.42. The van der Waals surface area contributed by atoms with Crippen LogP contribution in [0, 0.1) is 6.92 Å². The fourth-order valence-corrected chi connectivity index (χ4v) is 3.23. The Morgan fingerprint density at radius 3 is 2.70 bits per heavy atom. The molecule has 1 aliphatic rings. The summed E-state index contributed by atoms with van der Waals surface area (Å²) >= 11 is 3.43. The topological polar surface area (TPSA) is 57.3 Å². The lowest BCUT2D eigenvalue weighted by molar-refractivity contribution is 0.102. The van der Waals surface area contributed by atoms with Crippen molar-refractivity contribution in [2.75, 3.05) is 36.4 Å². The highest BCUT2D eigenvalue weighted by Gasteiger charge is 2.13. The van der Waals surface area contributed by atoms with Gasteiger partial charge in [-0.05, 0) is 52.7 Å². The van der Waals surface area contributed by atoms with E-state index in [9.17, 15) is 4.79 Å². The average Bonchev–Trinajstić information content (AvgIpc) is 2.56. The number of piperazine rings is 1. The number of benzene rings is 1. The lowest BCUT2D eigenvalue weighted by atomic mass is 10.1. The number of hydrogen-bond acceptors (Lipinski definition) is 4. The maximum Gasteiger partial charge on any atom is 0.257 e. The third-order valence-electron chi connectivity index (χ3n) is 3.84. The fraction of sp³-hybridized carbons (Fsp3) is 0.294. The van der Waals surface area contributed by atoms with E-state index in [4.69, 9.17) is 0 Å². The minimum Gasteiger partial charge on any atom is -0.368 e. The van der Waals surface area contributed by atoms with Crippen LogP contribution in [0.4, 0.5) is 11.5 Å². The van der Waals surface area contributed by atoms with Crippen molar-refractivity contribution in [3.8, 4) is 0 Å². The van der Waals surface area contributed by atoms with Crippen molar-refractivity contribution in [3.63, 3.8) is 0 Å². The Kier molecular flexibility index (Phi) is 4.93. The third kappa shape index (κ3) is 3.89. The predicted octanol–water partition coefficient (Wildman–Crippen LogP) is 2.81. The summed E-state index contributed by atoms with van der Waals surface area (Å²) in [5.41, 5.74) is 2.79. The number of aryl methyl sites for hydroxylation is 1. The quantitative estimate of drug-likeness (QED) is 0.866. The van der Waals surface area contributed by atoms with E-state index in [2.05, 4.69) is 36.4 Å². The molecule has 1 aliphatic heterocycles. The number of rotatable bonds is 3. The number of pyridine rings is 1. The number of carbonyl (C=O) groups is 1. The van der Waals surface area contributed by atoms with E-state index in [-0.39, 0.29) is 5.91 Å². The van der Waals surface area contributed by atoms with Crippen LogP contribution in [-0.4, -0.2) is 37.1 Å². The zero-order valence-electron chi connectivity index (χ0n) is 13.0. The van der Waals surface area contributed by atoms with Crippen LogP contribution in [0.1, 0.15) is 15.9 Å². The average molecular weight is 375 g/mol. The second-order valence-corrected chi connectivity index (χ2v) is 6.43. The van der Waals surface area contributed by atoms with E-state index in [1.54, 1.807) is 0 Å². The van der Waals surface area contributed by atoms with Gasteiger partial charge in [0.1, 0.15) is 5.82 Å². The van der Waals surface area contributed by atoms with Crippen molar-refractivity contribution in [2.24, 2.45) is 0 Å². The monoisotopic (exact) mass is 374 g/mol. The van der Waals surface area contributed by atoms with E-state index < -0.39 is 0 Å². The van der Waals surface area contributed by atoms with Gasteiger partial charge in [-0.25, -0.2) is 4.98 Å². The Hall–Kier alpha value is -1.92. The van der Waals surface area contributed by atoms with Gasteiger partial charge in [-0.3, -0.25) is 4.79 Å². The van der Waals surface area contributed by atoms with Gasteiger partial charge in [0, 0.05) is 30.7 Å². The molecule has 1 aromatic carbocycles. The minimum atomic E-state index is -0.167. The summed E-state index contributed by atoms with van der Waals surface area (Å²) in [4.78, 5) is 19.0. The highest BCUT2D eigenvalue weighted by atomic mass is 79.9. The second-order valence-electron chi connectivity index (χ2n) is 5.58. The first-order chi connectivity index (χ1) is 11.1. The predicted molar refractivity (Wildman–Crippen MR) is 96.2 cm³/mol. The van der Waals surface area contributed by atoms with Crippen LogP contribution >= 0.6 is 15.9 Å².